The van der Waals surface area contributed by atoms with Crippen LogP contribution in [-0.4, -0.2) is 38.1 Å². The van der Waals surface area contributed by atoms with Crippen LogP contribution in [0, 0.1) is 0 Å². The zero-order valence-corrected chi connectivity index (χ0v) is 41.1. The number of allylic oxidation sites excluding steroid dienone is 4. The van der Waals surface area contributed by atoms with E-state index in [0.29, 0.717) is 12.8 Å². The summed E-state index contributed by atoms with van der Waals surface area (Å²) in [5, 5.41) is 0. The fourth-order valence-corrected chi connectivity index (χ4v) is 7.77. The van der Waals surface area contributed by atoms with Crippen molar-refractivity contribution in [3.8, 4) is 0 Å². The van der Waals surface area contributed by atoms with Crippen molar-refractivity contribution in [2.45, 2.75) is 237 Å². The molecule has 0 saturated carbocycles. The molecule has 0 aliphatic heterocycles. The summed E-state index contributed by atoms with van der Waals surface area (Å²) < 4.78 is 45.9. The molecule has 9 heteroatoms. The Kier molecular flexibility index (Phi) is 40.9. The molecule has 0 saturated heterocycles. The van der Waals surface area contributed by atoms with Gasteiger partial charge in [0.25, 0.3) is 0 Å². The molecule has 0 atom stereocenters. The molecule has 0 fully saturated rings. The summed E-state index contributed by atoms with van der Waals surface area (Å²) >= 11 is 0. The van der Waals surface area contributed by atoms with Crippen molar-refractivity contribution in [3.05, 3.63) is 53.6 Å². The van der Waals surface area contributed by atoms with Gasteiger partial charge in [-0.05, 0) is 82.4 Å². The molecule has 1 aromatic carbocycles. The van der Waals surface area contributed by atoms with Crippen LogP contribution in [0.15, 0.2) is 47.4 Å². The van der Waals surface area contributed by atoms with Crippen LogP contribution in [0.2, 0.25) is 0 Å². The first-order valence-corrected chi connectivity index (χ1v) is 25.5. The van der Waals surface area contributed by atoms with Gasteiger partial charge in [0.2, 0.25) is 0 Å². The van der Waals surface area contributed by atoms with E-state index in [-0.39, 0.29) is 53.9 Å². The Morgan fingerprint density at radius 3 is 1.07 bits per heavy atom. The van der Waals surface area contributed by atoms with Crippen LogP contribution in [0.3, 0.4) is 0 Å². The Morgan fingerprint density at radius 2 is 0.746 bits per heavy atom. The molecule has 59 heavy (non-hydrogen) atoms. The average Bonchev–Trinajstić information content (AvgIpc) is 3.21. The standard InChI is InChI=1S/C50H86O7S.Na/c1-3-5-7-9-11-13-15-17-19-21-23-25-27-29-31-33-35-37-39-43-56-49(51)47-42-41-46(58(53,54)55)45-48(47)50(52)57-44-40-38-36-34-32-30-28-26-24-22-20-18-16-14-12-10-8-6-4-2;/h13-16,41-42,45H,3-12,17-40,43-44H2,1-2H3,(H,53,54,55);/q;+1/p-1/b15-13+,16-14+;. The van der Waals surface area contributed by atoms with Crippen LogP contribution < -0.4 is 29.6 Å². The summed E-state index contributed by atoms with van der Waals surface area (Å²) in [5.41, 5.74) is -0.335. The van der Waals surface area contributed by atoms with E-state index in [4.69, 9.17) is 9.47 Å². The molecule has 0 N–H and O–H groups in total. The number of esters is 2. The van der Waals surface area contributed by atoms with E-state index in [0.717, 1.165) is 50.7 Å². The van der Waals surface area contributed by atoms with Crippen molar-refractivity contribution in [1.29, 1.82) is 0 Å². The van der Waals surface area contributed by atoms with Gasteiger partial charge in [0.05, 0.1) is 29.2 Å². The third-order valence-electron chi connectivity index (χ3n) is 11.0. The zero-order chi connectivity index (χ0) is 42.2. The minimum Gasteiger partial charge on any atom is -0.744 e. The monoisotopic (exact) mass is 853 g/mol. The van der Waals surface area contributed by atoms with Crippen LogP contribution in [0.25, 0.3) is 0 Å². The molecular weight excluding hydrogens is 768 g/mol. The summed E-state index contributed by atoms with van der Waals surface area (Å²) in [6.45, 7) is 4.87. The molecule has 334 valence electrons. The summed E-state index contributed by atoms with van der Waals surface area (Å²) in [6, 6.07) is 3.15. The Balaban J connectivity index is 0.0000336. The predicted molar refractivity (Wildman–Crippen MR) is 242 cm³/mol. The average molecular weight is 853 g/mol. The first-order chi connectivity index (χ1) is 28.3. The molecule has 0 aromatic heterocycles. The summed E-state index contributed by atoms with van der Waals surface area (Å²) in [4.78, 5) is 25.3. The minimum atomic E-state index is -4.82. The fourth-order valence-electron chi connectivity index (χ4n) is 7.27. The molecular formula is C50H85NaO7S. The van der Waals surface area contributed by atoms with E-state index in [1.807, 2.05) is 0 Å². The molecule has 0 aliphatic carbocycles. The molecule has 0 heterocycles. The molecule has 0 bridgehead atoms. The van der Waals surface area contributed by atoms with Crippen LogP contribution in [-0.2, 0) is 19.6 Å². The maximum absolute atomic E-state index is 13.0. The van der Waals surface area contributed by atoms with Gasteiger partial charge in [-0.2, -0.15) is 0 Å². The first-order valence-electron chi connectivity index (χ1n) is 24.0. The number of rotatable bonds is 41. The van der Waals surface area contributed by atoms with Crippen LogP contribution in [0.5, 0.6) is 0 Å². The van der Waals surface area contributed by atoms with E-state index < -0.39 is 27.0 Å². The molecule has 0 aliphatic rings. The van der Waals surface area contributed by atoms with Gasteiger partial charge in [-0.25, -0.2) is 18.0 Å². The van der Waals surface area contributed by atoms with Crippen molar-refractivity contribution in [2.75, 3.05) is 13.2 Å². The normalized spacial score (nSPS) is 11.7. The van der Waals surface area contributed by atoms with Crippen molar-refractivity contribution < 1.29 is 61.6 Å². The molecule has 0 spiro atoms. The predicted octanol–water partition coefficient (Wildman–Crippen LogP) is 12.3. The Morgan fingerprint density at radius 1 is 0.458 bits per heavy atom. The van der Waals surface area contributed by atoms with Gasteiger partial charge in [0.15, 0.2) is 0 Å². The number of carbonyl (C=O) groups is 2. The minimum absolute atomic E-state index is 0. The number of hydrogen-bond acceptors (Lipinski definition) is 7. The van der Waals surface area contributed by atoms with Crippen molar-refractivity contribution in [1.82, 2.24) is 0 Å². The Hall–Kier alpha value is -1.45. The van der Waals surface area contributed by atoms with E-state index in [2.05, 4.69) is 38.2 Å². The summed E-state index contributed by atoms with van der Waals surface area (Å²) in [6.07, 6.45) is 50.7. The third-order valence-corrected chi connectivity index (χ3v) is 11.8. The van der Waals surface area contributed by atoms with E-state index in [9.17, 15) is 22.6 Å². The van der Waals surface area contributed by atoms with Gasteiger partial charge in [0, 0.05) is 0 Å². The van der Waals surface area contributed by atoms with Crippen LogP contribution >= 0.6 is 0 Å². The molecule has 0 radical (unpaired) electrons. The smallest absolute Gasteiger partial charge is 0.744 e. The zero-order valence-electron chi connectivity index (χ0n) is 38.3. The van der Waals surface area contributed by atoms with Crippen molar-refractivity contribution in [3.63, 3.8) is 0 Å². The van der Waals surface area contributed by atoms with Gasteiger partial charge in [-0.3, -0.25) is 0 Å². The maximum atomic E-state index is 13.0. The third kappa shape index (κ3) is 34.8. The van der Waals surface area contributed by atoms with E-state index >= 15 is 0 Å². The SMILES string of the molecule is CCCCCC/C=C/CCCCCCCCCCCCCOC(=O)c1ccc(S(=O)(=O)[O-])cc1C(=O)OCCCCCCCCCCCCC/C=C/CCCCCC.[Na+]. The van der Waals surface area contributed by atoms with Gasteiger partial charge in [0.1, 0.15) is 10.1 Å². The number of carbonyl (C=O) groups excluding carboxylic acids is 2. The van der Waals surface area contributed by atoms with E-state index in [1.54, 1.807) is 0 Å². The quantitative estimate of drug-likeness (QED) is 0.0212. The Labute approximate surface area is 385 Å². The van der Waals surface area contributed by atoms with Gasteiger partial charge >= 0.3 is 41.5 Å². The van der Waals surface area contributed by atoms with Gasteiger partial charge in [-0.1, -0.05) is 192 Å². The number of benzene rings is 1. The van der Waals surface area contributed by atoms with Crippen molar-refractivity contribution >= 4 is 22.1 Å². The maximum Gasteiger partial charge on any atom is 1.00 e. The Bertz CT molecular complexity index is 1310. The fraction of sp³-hybridized carbons (Fsp3) is 0.760. The number of unbranched alkanes of at least 4 members (excludes halogenated alkanes) is 30. The molecule has 0 amide bonds. The van der Waals surface area contributed by atoms with Crippen LogP contribution in [0.4, 0.5) is 0 Å². The van der Waals surface area contributed by atoms with Gasteiger partial charge in [-0.15, -0.1) is 0 Å². The topological polar surface area (TPSA) is 110 Å². The first kappa shape index (κ1) is 57.5. The molecule has 7 nitrogen and oxygen atoms in total. The second-order valence-electron chi connectivity index (χ2n) is 16.4. The number of ether oxygens (including phenoxy) is 2. The second-order valence-corrected chi connectivity index (χ2v) is 17.8. The largest absolute Gasteiger partial charge is 1.00 e. The van der Waals surface area contributed by atoms with Crippen molar-refractivity contribution in [2.24, 2.45) is 0 Å². The van der Waals surface area contributed by atoms with Crippen LogP contribution in [0.1, 0.15) is 253 Å². The number of hydrogen-bond donors (Lipinski definition) is 0. The molecule has 1 rings (SSSR count). The van der Waals surface area contributed by atoms with Gasteiger partial charge < -0.3 is 14.0 Å². The molecule has 1 aromatic rings. The summed E-state index contributed by atoms with van der Waals surface area (Å²) in [5.74, 6) is -1.54. The van der Waals surface area contributed by atoms with E-state index in [1.165, 1.54) is 173 Å². The second kappa shape index (κ2) is 41.9. The summed E-state index contributed by atoms with van der Waals surface area (Å²) in [7, 11) is -4.82. The molecule has 0 unspecified atom stereocenters.